The molecule has 1 aromatic carbocycles. The molecule has 2 rings (SSSR count). The SMILES string of the molecule is CCNC(c1cccc(Cl)c1F)c1ccnn1C. The third-order valence-electron chi connectivity index (χ3n) is 2.86. The van der Waals surface area contributed by atoms with Gasteiger partial charge in [-0.25, -0.2) is 4.39 Å². The molecule has 0 saturated heterocycles. The number of aryl methyl sites for hydroxylation is 1. The molecule has 1 N–H and O–H groups in total. The monoisotopic (exact) mass is 267 g/mol. The highest BCUT2D eigenvalue weighted by molar-refractivity contribution is 6.30. The van der Waals surface area contributed by atoms with Gasteiger partial charge >= 0.3 is 0 Å². The molecule has 1 unspecified atom stereocenters. The van der Waals surface area contributed by atoms with E-state index in [2.05, 4.69) is 10.4 Å². The van der Waals surface area contributed by atoms with Crippen molar-refractivity contribution in [3.05, 3.63) is 52.6 Å². The normalized spacial score (nSPS) is 12.7. The Morgan fingerprint density at radius 2 is 2.22 bits per heavy atom. The van der Waals surface area contributed by atoms with Gasteiger partial charge in [-0.1, -0.05) is 30.7 Å². The van der Waals surface area contributed by atoms with E-state index in [-0.39, 0.29) is 16.9 Å². The van der Waals surface area contributed by atoms with Gasteiger partial charge in [0.25, 0.3) is 0 Å². The Kier molecular flexibility index (Phi) is 3.99. The summed E-state index contributed by atoms with van der Waals surface area (Å²) in [5.41, 5.74) is 1.44. The lowest BCUT2D eigenvalue weighted by Gasteiger charge is -2.19. The van der Waals surface area contributed by atoms with Crippen molar-refractivity contribution in [2.45, 2.75) is 13.0 Å². The molecule has 96 valence electrons. The van der Waals surface area contributed by atoms with Crippen LogP contribution in [0.25, 0.3) is 0 Å². The number of nitrogens with one attached hydrogen (secondary N) is 1. The average molecular weight is 268 g/mol. The lowest BCUT2D eigenvalue weighted by atomic mass is 10.0. The molecule has 0 saturated carbocycles. The van der Waals surface area contributed by atoms with Gasteiger partial charge in [0.2, 0.25) is 0 Å². The molecule has 3 nitrogen and oxygen atoms in total. The molecule has 0 aliphatic heterocycles. The van der Waals surface area contributed by atoms with Crippen molar-refractivity contribution in [2.75, 3.05) is 6.54 Å². The Bertz CT molecular complexity index is 539. The fourth-order valence-corrected chi connectivity index (χ4v) is 2.17. The van der Waals surface area contributed by atoms with Crippen LogP contribution in [0.15, 0.2) is 30.5 Å². The first-order valence-corrected chi connectivity index (χ1v) is 6.18. The lowest BCUT2D eigenvalue weighted by Crippen LogP contribution is -2.25. The van der Waals surface area contributed by atoms with Crippen molar-refractivity contribution in [3.63, 3.8) is 0 Å². The maximum Gasteiger partial charge on any atom is 0.146 e. The van der Waals surface area contributed by atoms with Crippen LogP contribution in [-0.4, -0.2) is 16.3 Å². The average Bonchev–Trinajstić information content (AvgIpc) is 2.76. The molecule has 0 aliphatic rings. The van der Waals surface area contributed by atoms with E-state index in [0.29, 0.717) is 5.56 Å². The van der Waals surface area contributed by atoms with Crippen LogP contribution in [0, 0.1) is 5.82 Å². The summed E-state index contributed by atoms with van der Waals surface area (Å²) >= 11 is 5.83. The number of hydrogen-bond donors (Lipinski definition) is 1. The van der Waals surface area contributed by atoms with Crippen LogP contribution in [0.3, 0.4) is 0 Å². The second-order valence-electron chi connectivity index (χ2n) is 4.01. The van der Waals surface area contributed by atoms with Gasteiger partial charge < -0.3 is 5.32 Å². The van der Waals surface area contributed by atoms with Crippen LogP contribution in [0.1, 0.15) is 24.2 Å². The van der Waals surface area contributed by atoms with Crippen LogP contribution < -0.4 is 5.32 Å². The summed E-state index contributed by atoms with van der Waals surface area (Å²) in [4.78, 5) is 0. The second-order valence-corrected chi connectivity index (χ2v) is 4.42. The molecule has 2 aromatic rings. The van der Waals surface area contributed by atoms with E-state index < -0.39 is 0 Å². The van der Waals surface area contributed by atoms with Gasteiger partial charge in [0.15, 0.2) is 0 Å². The Hall–Kier alpha value is -1.39. The molecule has 0 bridgehead atoms. The number of nitrogens with zero attached hydrogens (tertiary/aromatic N) is 2. The topological polar surface area (TPSA) is 29.9 Å². The fraction of sp³-hybridized carbons (Fsp3) is 0.308. The van der Waals surface area contributed by atoms with E-state index in [1.54, 1.807) is 29.1 Å². The molecule has 1 atom stereocenters. The van der Waals surface area contributed by atoms with Crippen LogP contribution in [0.4, 0.5) is 4.39 Å². The lowest BCUT2D eigenvalue weighted by molar-refractivity contribution is 0.532. The van der Waals surface area contributed by atoms with E-state index in [1.165, 1.54) is 0 Å². The Morgan fingerprint density at radius 1 is 1.44 bits per heavy atom. The van der Waals surface area contributed by atoms with Gasteiger partial charge in [-0.15, -0.1) is 0 Å². The van der Waals surface area contributed by atoms with Crippen LogP contribution in [-0.2, 0) is 7.05 Å². The molecule has 0 spiro atoms. The maximum absolute atomic E-state index is 14.1. The highest BCUT2D eigenvalue weighted by Crippen LogP contribution is 2.27. The third-order valence-corrected chi connectivity index (χ3v) is 3.15. The first-order valence-electron chi connectivity index (χ1n) is 5.80. The van der Waals surface area contributed by atoms with Crippen LogP contribution >= 0.6 is 11.6 Å². The first-order chi connectivity index (χ1) is 8.65. The van der Waals surface area contributed by atoms with Crippen molar-refractivity contribution in [1.82, 2.24) is 15.1 Å². The van der Waals surface area contributed by atoms with Crippen molar-refractivity contribution < 1.29 is 4.39 Å². The third kappa shape index (κ3) is 2.40. The molecule has 5 heteroatoms. The minimum atomic E-state index is -0.383. The molecule has 18 heavy (non-hydrogen) atoms. The second kappa shape index (κ2) is 5.50. The minimum Gasteiger partial charge on any atom is -0.305 e. The number of hydrogen-bond acceptors (Lipinski definition) is 2. The summed E-state index contributed by atoms with van der Waals surface area (Å²) < 4.78 is 15.8. The molecule has 0 aliphatic carbocycles. The molecule has 1 heterocycles. The smallest absolute Gasteiger partial charge is 0.146 e. The summed E-state index contributed by atoms with van der Waals surface area (Å²) in [5.74, 6) is -0.383. The van der Waals surface area contributed by atoms with Crippen molar-refractivity contribution in [3.8, 4) is 0 Å². The Morgan fingerprint density at radius 3 is 2.83 bits per heavy atom. The van der Waals surface area contributed by atoms with Crippen molar-refractivity contribution in [2.24, 2.45) is 7.05 Å². The highest BCUT2D eigenvalue weighted by Gasteiger charge is 2.20. The fourth-order valence-electron chi connectivity index (χ4n) is 1.99. The molecular weight excluding hydrogens is 253 g/mol. The van der Waals surface area contributed by atoms with Crippen molar-refractivity contribution >= 4 is 11.6 Å². The number of aromatic nitrogens is 2. The predicted octanol–water partition coefficient (Wildman–Crippen LogP) is 2.91. The van der Waals surface area contributed by atoms with E-state index in [1.807, 2.05) is 20.0 Å². The Labute approximate surface area is 111 Å². The summed E-state index contributed by atoms with van der Waals surface area (Å²) in [5, 5.41) is 7.51. The molecule has 1 aromatic heterocycles. The zero-order chi connectivity index (χ0) is 13.1. The largest absolute Gasteiger partial charge is 0.305 e. The zero-order valence-corrected chi connectivity index (χ0v) is 11.1. The van der Waals surface area contributed by atoms with E-state index in [4.69, 9.17) is 11.6 Å². The maximum atomic E-state index is 14.1. The number of benzene rings is 1. The van der Waals surface area contributed by atoms with Crippen LogP contribution in [0.2, 0.25) is 5.02 Å². The summed E-state index contributed by atoms with van der Waals surface area (Å²) in [6.07, 6.45) is 1.70. The molecule has 0 amide bonds. The predicted molar refractivity (Wildman–Crippen MR) is 70.1 cm³/mol. The standard InChI is InChI=1S/C13H15ClFN3/c1-3-16-13(11-7-8-17-18(11)2)9-5-4-6-10(14)12(9)15/h4-8,13,16H,3H2,1-2H3. The minimum absolute atomic E-state index is 0.137. The van der Waals surface area contributed by atoms with Crippen molar-refractivity contribution in [1.29, 1.82) is 0 Å². The Balaban J connectivity index is 2.48. The van der Waals surface area contributed by atoms with Gasteiger partial charge in [0.05, 0.1) is 16.8 Å². The van der Waals surface area contributed by atoms with E-state index in [9.17, 15) is 4.39 Å². The molecular formula is C13H15ClFN3. The molecule has 0 radical (unpaired) electrons. The first kappa shape index (κ1) is 13.1. The van der Waals surface area contributed by atoms with E-state index >= 15 is 0 Å². The summed E-state index contributed by atoms with van der Waals surface area (Å²) in [7, 11) is 1.84. The van der Waals surface area contributed by atoms with Gasteiger partial charge in [-0.2, -0.15) is 5.10 Å². The van der Waals surface area contributed by atoms with E-state index in [0.717, 1.165) is 12.2 Å². The number of halogens is 2. The highest BCUT2D eigenvalue weighted by atomic mass is 35.5. The van der Waals surface area contributed by atoms with Gasteiger partial charge in [-0.3, -0.25) is 4.68 Å². The van der Waals surface area contributed by atoms with Gasteiger partial charge in [0.1, 0.15) is 5.82 Å². The summed E-state index contributed by atoms with van der Waals surface area (Å²) in [6, 6.07) is 6.66. The van der Waals surface area contributed by atoms with Crippen LogP contribution in [0.5, 0.6) is 0 Å². The summed E-state index contributed by atoms with van der Waals surface area (Å²) in [6.45, 7) is 2.70. The number of rotatable bonds is 4. The van der Waals surface area contributed by atoms with Gasteiger partial charge in [0, 0.05) is 18.8 Å². The zero-order valence-electron chi connectivity index (χ0n) is 10.3. The quantitative estimate of drug-likeness (QED) is 0.923. The molecule has 0 fully saturated rings. The van der Waals surface area contributed by atoms with Gasteiger partial charge in [-0.05, 0) is 18.7 Å².